The first-order valence-electron chi connectivity index (χ1n) is 9.29. The molecule has 1 aliphatic rings. The van der Waals surface area contributed by atoms with Gasteiger partial charge in [-0.2, -0.15) is 0 Å². The van der Waals surface area contributed by atoms with Crippen LogP contribution in [0.25, 0.3) is 0 Å². The van der Waals surface area contributed by atoms with Crippen molar-refractivity contribution in [1.29, 1.82) is 0 Å². The normalized spacial score (nSPS) is 17.3. The Morgan fingerprint density at radius 2 is 2.07 bits per heavy atom. The molecule has 3 aromatic rings. The van der Waals surface area contributed by atoms with Gasteiger partial charge in [-0.15, -0.1) is 11.3 Å². The molecule has 140 valence electrons. The van der Waals surface area contributed by atoms with Crippen molar-refractivity contribution in [2.45, 2.75) is 32.4 Å². The Bertz CT molecular complexity index is 917. The summed E-state index contributed by atoms with van der Waals surface area (Å²) in [6.45, 7) is 3.48. The van der Waals surface area contributed by atoms with Crippen LogP contribution in [-0.2, 0) is 18.4 Å². The second kappa shape index (κ2) is 7.66. The van der Waals surface area contributed by atoms with Crippen LogP contribution in [0.15, 0.2) is 54.0 Å². The minimum Gasteiger partial charge on any atom is -0.353 e. The number of hydrogen-bond acceptors (Lipinski definition) is 4. The molecule has 4 rings (SSSR count). The number of hydrogen-bond donors (Lipinski definition) is 0. The molecule has 0 N–H and O–H groups in total. The second-order valence-electron chi connectivity index (χ2n) is 6.98. The molecule has 5 nitrogen and oxygen atoms in total. The molecular weight excluding hydrogens is 356 g/mol. The highest BCUT2D eigenvalue weighted by atomic mass is 32.1. The molecule has 1 amide bonds. The molecule has 2 aromatic heterocycles. The minimum absolute atomic E-state index is 0.0232. The van der Waals surface area contributed by atoms with E-state index in [0.29, 0.717) is 6.04 Å². The summed E-state index contributed by atoms with van der Waals surface area (Å²) in [7, 11) is 2.11. The second-order valence-corrected chi connectivity index (χ2v) is 7.82. The Balaban J connectivity index is 1.54. The van der Waals surface area contributed by atoms with E-state index in [1.165, 1.54) is 29.9 Å². The van der Waals surface area contributed by atoms with Crippen molar-refractivity contribution >= 4 is 28.1 Å². The topological polar surface area (TPSA) is 41.4 Å². The lowest BCUT2D eigenvalue weighted by Crippen LogP contribution is -2.25. The highest BCUT2D eigenvalue weighted by molar-refractivity contribution is 7.14. The Labute approximate surface area is 163 Å². The van der Waals surface area contributed by atoms with E-state index in [9.17, 15) is 4.79 Å². The van der Waals surface area contributed by atoms with Gasteiger partial charge in [0.15, 0.2) is 5.13 Å². The zero-order valence-corrected chi connectivity index (χ0v) is 16.5. The summed E-state index contributed by atoms with van der Waals surface area (Å²) < 4.78 is 2.21. The minimum atomic E-state index is -0.0232. The van der Waals surface area contributed by atoms with Gasteiger partial charge in [0.1, 0.15) is 0 Å². The number of carbonyl (C=O) groups is 1. The van der Waals surface area contributed by atoms with Gasteiger partial charge < -0.3 is 4.57 Å². The molecule has 1 atom stereocenters. The summed E-state index contributed by atoms with van der Waals surface area (Å²) in [6.07, 6.45) is 4.49. The fourth-order valence-electron chi connectivity index (χ4n) is 3.85. The monoisotopic (exact) mass is 380 g/mol. The number of amides is 1. The molecule has 1 fully saturated rings. The summed E-state index contributed by atoms with van der Waals surface area (Å²) in [5.41, 5.74) is 3.24. The summed E-state index contributed by atoms with van der Waals surface area (Å²) in [4.78, 5) is 21.2. The molecule has 3 heterocycles. The van der Waals surface area contributed by atoms with Gasteiger partial charge in [0.25, 0.3) is 0 Å². The molecule has 0 bridgehead atoms. The predicted molar refractivity (Wildman–Crippen MR) is 109 cm³/mol. The fourth-order valence-corrected chi connectivity index (χ4v) is 4.73. The van der Waals surface area contributed by atoms with E-state index in [1.807, 2.05) is 30.3 Å². The van der Waals surface area contributed by atoms with Gasteiger partial charge in [-0.3, -0.25) is 14.6 Å². The van der Waals surface area contributed by atoms with Crippen LogP contribution < -0.4 is 4.90 Å². The number of rotatable bonds is 5. The summed E-state index contributed by atoms with van der Waals surface area (Å²) in [5.74, 6) is -0.0232. The van der Waals surface area contributed by atoms with E-state index >= 15 is 0 Å². The quantitative estimate of drug-likeness (QED) is 0.654. The van der Waals surface area contributed by atoms with Crippen molar-refractivity contribution in [3.05, 3.63) is 65.4 Å². The number of aryl methyl sites for hydroxylation is 1. The third-order valence-corrected chi connectivity index (χ3v) is 5.99. The average molecular weight is 381 g/mol. The largest absolute Gasteiger partial charge is 0.353 e. The van der Waals surface area contributed by atoms with Crippen molar-refractivity contribution in [3.8, 4) is 0 Å². The number of carbonyl (C=O) groups excluding carboxylic acids is 1. The van der Waals surface area contributed by atoms with E-state index in [4.69, 9.17) is 4.98 Å². The molecule has 1 aromatic carbocycles. The molecule has 27 heavy (non-hydrogen) atoms. The summed E-state index contributed by atoms with van der Waals surface area (Å²) in [6, 6.07) is 14.5. The number of anilines is 2. The SMILES string of the molecule is CC(=O)N(c1ccccc1)c1nc(CN2CCCC2c2cccn2C)cs1. The summed E-state index contributed by atoms with van der Waals surface area (Å²) in [5, 5.41) is 2.81. The van der Waals surface area contributed by atoms with E-state index in [1.54, 1.807) is 11.8 Å². The first kappa shape index (κ1) is 17.9. The van der Waals surface area contributed by atoms with Gasteiger partial charge in [0, 0.05) is 37.8 Å². The Morgan fingerprint density at radius 1 is 1.26 bits per heavy atom. The van der Waals surface area contributed by atoms with Crippen LogP contribution in [0.2, 0.25) is 0 Å². The number of thiazole rings is 1. The van der Waals surface area contributed by atoms with Gasteiger partial charge in [-0.05, 0) is 43.7 Å². The van der Waals surface area contributed by atoms with E-state index in [2.05, 4.69) is 40.2 Å². The molecule has 1 unspecified atom stereocenters. The third kappa shape index (κ3) is 3.68. The Morgan fingerprint density at radius 3 is 2.78 bits per heavy atom. The lowest BCUT2D eigenvalue weighted by atomic mass is 10.1. The van der Waals surface area contributed by atoms with Crippen LogP contribution in [-0.4, -0.2) is 26.9 Å². The molecule has 0 saturated carbocycles. The predicted octanol–water partition coefficient (Wildman–Crippen LogP) is 4.50. The Kier molecular flexibility index (Phi) is 5.09. The molecule has 0 spiro atoms. The maximum Gasteiger partial charge on any atom is 0.230 e. The maximum absolute atomic E-state index is 12.2. The Hall–Kier alpha value is -2.44. The number of aromatic nitrogens is 2. The van der Waals surface area contributed by atoms with Crippen LogP contribution in [0.3, 0.4) is 0 Å². The van der Waals surface area contributed by atoms with Crippen LogP contribution in [0.5, 0.6) is 0 Å². The molecule has 6 heteroatoms. The van der Waals surface area contributed by atoms with Gasteiger partial charge >= 0.3 is 0 Å². The lowest BCUT2D eigenvalue weighted by Gasteiger charge is -2.24. The smallest absolute Gasteiger partial charge is 0.230 e. The van der Waals surface area contributed by atoms with Crippen LogP contribution in [0.4, 0.5) is 10.8 Å². The highest BCUT2D eigenvalue weighted by Gasteiger charge is 2.28. The third-order valence-electron chi connectivity index (χ3n) is 5.11. The van der Waals surface area contributed by atoms with Crippen LogP contribution in [0.1, 0.15) is 37.2 Å². The average Bonchev–Trinajstić information content (AvgIpc) is 3.38. The van der Waals surface area contributed by atoms with Gasteiger partial charge in [0.05, 0.1) is 17.4 Å². The standard InChI is InChI=1S/C21H24N4OS/c1-16(26)25(18-8-4-3-5-9-18)21-22-17(15-27-21)14-24-13-7-11-20(24)19-10-6-12-23(19)2/h3-6,8-10,12,15,20H,7,11,13-14H2,1-2H3. The van der Waals surface area contributed by atoms with E-state index in [-0.39, 0.29) is 5.91 Å². The van der Waals surface area contributed by atoms with Crippen molar-refractivity contribution in [2.75, 3.05) is 11.4 Å². The van der Waals surface area contributed by atoms with Gasteiger partial charge in [0.2, 0.25) is 5.91 Å². The zero-order chi connectivity index (χ0) is 18.8. The first-order valence-corrected chi connectivity index (χ1v) is 10.2. The molecular formula is C21H24N4OS. The van der Waals surface area contributed by atoms with E-state index < -0.39 is 0 Å². The zero-order valence-electron chi connectivity index (χ0n) is 15.7. The lowest BCUT2D eigenvalue weighted by molar-refractivity contribution is -0.115. The van der Waals surface area contributed by atoms with Gasteiger partial charge in [-0.1, -0.05) is 18.2 Å². The molecule has 1 aliphatic heterocycles. The highest BCUT2D eigenvalue weighted by Crippen LogP contribution is 2.34. The van der Waals surface area contributed by atoms with Crippen LogP contribution >= 0.6 is 11.3 Å². The summed E-state index contributed by atoms with van der Waals surface area (Å²) >= 11 is 1.53. The fraction of sp³-hybridized carbons (Fsp3) is 0.333. The maximum atomic E-state index is 12.2. The molecule has 0 radical (unpaired) electrons. The van der Waals surface area contributed by atoms with E-state index in [0.717, 1.165) is 29.6 Å². The number of likely N-dealkylation sites (tertiary alicyclic amines) is 1. The van der Waals surface area contributed by atoms with Crippen molar-refractivity contribution < 1.29 is 4.79 Å². The number of nitrogens with zero attached hydrogens (tertiary/aromatic N) is 4. The first-order chi connectivity index (χ1) is 13.1. The van der Waals surface area contributed by atoms with Crippen LogP contribution in [0, 0.1) is 0 Å². The van der Waals surface area contributed by atoms with Gasteiger partial charge in [-0.25, -0.2) is 4.98 Å². The van der Waals surface area contributed by atoms with Crippen molar-refractivity contribution in [1.82, 2.24) is 14.5 Å². The number of para-hydroxylation sites is 1. The van der Waals surface area contributed by atoms with Crippen molar-refractivity contribution in [2.24, 2.45) is 7.05 Å². The molecule has 1 saturated heterocycles. The molecule has 0 aliphatic carbocycles. The van der Waals surface area contributed by atoms with Crippen molar-refractivity contribution in [3.63, 3.8) is 0 Å². The number of benzene rings is 1.